The average Bonchev–Trinajstić information content (AvgIpc) is 2.87. The Balaban J connectivity index is 1.91. The molecule has 1 fully saturated rings. The largest absolute Gasteiger partial charge is 0.376 e. The van der Waals surface area contributed by atoms with Gasteiger partial charge in [-0.2, -0.15) is 0 Å². The first-order valence-electron chi connectivity index (χ1n) is 5.64. The van der Waals surface area contributed by atoms with Gasteiger partial charge in [0.15, 0.2) is 0 Å². The molecule has 16 heavy (non-hydrogen) atoms. The van der Waals surface area contributed by atoms with Crippen molar-refractivity contribution in [2.75, 3.05) is 6.61 Å². The minimum Gasteiger partial charge on any atom is -0.376 e. The van der Waals surface area contributed by atoms with E-state index in [1.54, 1.807) is 11.3 Å². The maximum absolute atomic E-state index is 11.9. The number of nitrogens with one attached hydrogen (secondary N) is 1. The van der Waals surface area contributed by atoms with E-state index in [1.807, 2.05) is 25.3 Å². The van der Waals surface area contributed by atoms with Crippen molar-refractivity contribution in [3.63, 3.8) is 0 Å². The number of amides is 1. The van der Waals surface area contributed by atoms with E-state index in [1.165, 1.54) is 0 Å². The molecule has 1 aromatic heterocycles. The third-order valence-electron chi connectivity index (χ3n) is 2.87. The van der Waals surface area contributed by atoms with Crippen molar-refractivity contribution in [1.82, 2.24) is 5.32 Å². The van der Waals surface area contributed by atoms with Gasteiger partial charge in [0.05, 0.1) is 17.7 Å². The molecule has 1 amide bonds. The van der Waals surface area contributed by atoms with Gasteiger partial charge in [-0.1, -0.05) is 0 Å². The molecule has 2 heterocycles. The SMILES string of the molecule is Cc1cc(C(=O)N[C@@H](C)[C@H]2CCCO2)cs1. The molecule has 88 valence electrons. The molecule has 1 aromatic rings. The number of rotatable bonds is 3. The molecular weight excluding hydrogens is 222 g/mol. The molecule has 3 nitrogen and oxygen atoms in total. The Kier molecular flexibility index (Phi) is 3.61. The Morgan fingerprint density at radius 1 is 1.69 bits per heavy atom. The highest BCUT2D eigenvalue weighted by Gasteiger charge is 2.24. The van der Waals surface area contributed by atoms with Crippen molar-refractivity contribution < 1.29 is 9.53 Å². The van der Waals surface area contributed by atoms with Crippen molar-refractivity contribution in [1.29, 1.82) is 0 Å². The number of hydrogen-bond donors (Lipinski definition) is 1. The van der Waals surface area contributed by atoms with Crippen molar-refractivity contribution in [3.8, 4) is 0 Å². The summed E-state index contributed by atoms with van der Waals surface area (Å²) in [4.78, 5) is 13.0. The molecule has 1 N–H and O–H groups in total. The second-order valence-corrected chi connectivity index (χ2v) is 5.37. The maximum atomic E-state index is 11.9. The van der Waals surface area contributed by atoms with E-state index in [0.29, 0.717) is 0 Å². The third-order valence-corrected chi connectivity index (χ3v) is 3.74. The van der Waals surface area contributed by atoms with Crippen LogP contribution in [0.5, 0.6) is 0 Å². The van der Waals surface area contributed by atoms with Crippen LogP contribution in [0.25, 0.3) is 0 Å². The lowest BCUT2D eigenvalue weighted by atomic mass is 10.1. The molecular formula is C12H17NO2S. The molecule has 0 aromatic carbocycles. The normalized spacial score (nSPS) is 22.0. The van der Waals surface area contributed by atoms with Crippen molar-refractivity contribution in [2.24, 2.45) is 0 Å². The number of carbonyl (C=O) groups excluding carboxylic acids is 1. The van der Waals surface area contributed by atoms with Crippen LogP contribution in [0.3, 0.4) is 0 Å². The fourth-order valence-electron chi connectivity index (χ4n) is 1.94. The quantitative estimate of drug-likeness (QED) is 0.879. The number of aryl methyl sites for hydroxylation is 1. The van der Waals surface area contributed by atoms with Gasteiger partial charge in [0.25, 0.3) is 5.91 Å². The van der Waals surface area contributed by atoms with E-state index < -0.39 is 0 Å². The van der Waals surface area contributed by atoms with E-state index in [0.717, 1.165) is 29.9 Å². The van der Waals surface area contributed by atoms with E-state index >= 15 is 0 Å². The molecule has 4 heteroatoms. The molecule has 0 unspecified atom stereocenters. The molecule has 2 atom stereocenters. The van der Waals surface area contributed by atoms with Crippen LogP contribution in [-0.2, 0) is 4.74 Å². The van der Waals surface area contributed by atoms with E-state index in [4.69, 9.17) is 4.74 Å². The van der Waals surface area contributed by atoms with Crippen molar-refractivity contribution in [3.05, 3.63) is 21.9 Å². The first-order chi connectivity index (χ1) is 7.66. The molecule has 0 aliphatic carbocycles. The first-order valence-corrected chi connectivity index (χ1v) is 6.52. The van der Waals surface area contributed by atoms with Crippen LogP contribution >= 0.6 is 11.3 Å². The van der Waals surface area contributed by atoms with Gasteiger partial charge in [-0.15, -0.1) is 11.3 Å². The van der Waals surface area contributed by atoms with Crippen molar-refractivity contribution in [2.45, 2.75) is 38.8 Å². The zero-order valence-corrected chi connectivity index (χ0v) is 10.5. The second-order valence-electron chi connectivity index (χ2n) is 4.26. The molecule has 0 spiro atoms. The molecule has 0 saturated carbocycles. The summed E-state index contributed by atoms with van der Waals surface area (Å²) >= 11 is 1.60. The summed E-state index contributed by atoms with van der Waals surface area (Å²) < 4.78 is 5.54. The Bertz CT molecular complexity index is 369. The highest BCUT2D eigenvalue weighted by atomic mass is 32.1. The monoisotopic (exact) mass is 239 g/mol. The van der Waals surface area contributed by atoms with Gasteiger partial charge in [0, 0.05) is 16.9 Å². The average molecular weight is 239 g/mol. The molecule has 1 saturated heterocycles. The lowest BCUT2D eigenvalue weighted by Gasteiger charge is -2.19. The van der Waals surface area contributed by atoms with Crippen LogP contribution in [0.2, 0.25) is 0 Å². The van der Waals surface area contributed by atoms with E-state index in [-0.39, 0.29) is 18.1 Å². The summed E-state index contributed by atoms with van der Waals surface area (Å²) in [5.74, 6) is 0.00681. The standard InChI is InChI=1S/C12H17NO2S/c1-8-6-10(7-16-8)12(14)13-9(2)11-4-3-5-15-11/h6-7,9,11H,3-5H2,1-2H3,(H,13,14)/t9-,11+/m0/s1. The molecule has 0 radical (unpaired) electrons. The summed E-state index contributed by atoms with van der Waals surface area (Å²) in [5, 5.41) is 4.89. The third kappa shape index (κ3) is 2.62. The number of thiophene rings is 1. The van der Waals surface area contributed by atoms with Crippen LogP contribution in [-0.4, -0.2) is 24.7 Å². The summed E-state index contributed by atoms with van der Waals surface area (Å²) in [7, 11) is 0. The summed E-state index contributed by atoms with van der Waals surface area (Å²) in [5.41, 5.74) is 0.757. The first kappa shape index (κ1) is 11.6. The smallest absolute Gasteiger partial charge is 0.252 e. The van der Waals surface area contributed by atoms with Gasteiger partial charge in [0.2, 0.25) is 0 Å². The number of carbonyl (C=O) groups is 1. The predicted octanol–water partition coefficient (Wildman–Crippen LogP) is 2.35. The topological polar surface area (TPSA) is 38.3 Å². The minimum absolute atomic E-state index is 0.00681. The molecule has 1 aliphatic heterocycles. The lowest BCUT2D eigenvalue weighted by Crippen LogP contribution is -2.40. The van der Waals surface area contributed by atoms with Gasteiger partial charge < -0.3 is 10.1 Å². The summed E-state index contributed by atoms with van der Waals surface area (Å²) in [6.45, 7) is 4.83. The van der Waals surface area contributed by atoms with Gasteiger partial charge in [-0.25, -0.2) is 0 Å². The van der Waals surface area contributed by atoms with Crippen LogP contribution in [0.1, 0.15) is 35.0 Å². The summed E-state index contributed by atoms with van der Waals surface area (Å²) in [6, 6.07) is 2.01. The number of ether oxygens (including phenoxy) is 1. The zero-order valence-electron chi connectivity index (χ0n) is 9.66. The Morgan fingerprint density at radius 2 is 2.50 bits per heavy atom. The van der Waals surface area contributed by atoms with Gasteiger partial charge >= 0.3 is 0 Å². The highest BCUT2D eigenvalue weighted by molar-refractivity contribution is 7.10. The van der Waals surface area contributed by atoms with Crippen LogP contribution in [0.4, 0.5) is 0 Å². The minimum atomic E-state index is 0.00681. The summed E-state index contributed by atoms with van der Waals surface area (Å²) in [6.07, 6.45) is 2.33. The highest BCUT2D eigenvalue weighted by Crippen LogP contribution is 2.17. The van der Waals surface area contributed by atoms with Gasteiger partial charge in [-0.3, -0.25) is 4.79 Å². The second kappa shape index (κ2) is 4.97. The maximum Gasteiger partial charge on any atom is 0.252 e. The van der Waals surface area contributed by atoms with Crippen LogP contribution in [0.15, 0.2) is 11.4 Å². The van der Waals surface area contributed by atoms with E-state index in [2.05, 4.69) is 5.32 Å². The van der Waals surface area contributed by atoms with E-state index in [9.17, 15) is 4.79 Å². The van der Waals surface area contributed by atoms with Crippen LogP contribution < -0.4 is 5.32 Å². The lowest BCUT2D eigenvalue weighted by molar-refractivity contribution is 0.0712. The van der Waals surface area contributed by atoms with Crippen LogP contribution in [0, 0.1) is 6.92 Å². The predicted molar refractivity (Wildman–Crippen MR) is 65.0 cm³/mol. The van der Waals surface area contributed by atoms with Gasteiger partial charge in [0.1, 0.15) is 0 Å². The fraction of sp³-hybridized carbons (Fsp3) is 0.583. The Labute approximate surface area is 99.8 Å². The molecule has 1 aliphatic rings. The number of hydrogen-bond acceptors (Lipinski definition) is 3. The molecule has 2 rings (SSSR count). The molecule has 0 bridgehead atoms. The van der Waals surface area contributed by atoms with Gasteiger partial charge in [-0.05, 0) is 32.8 Å². The fourth-order valence-corrected chi connectivity index (χ4v) is 2.63. The Morgan fingerprint density at radius 3 is 3.06 bits per heavy atom. The Hall–Kier alpha value is -0.870. The van der Waals surface area contributed by atoms with Crippen molar-refractivity contribution >= 4 is 17.2 Å². The zero-order chi connectivity index (χ0) is 11.5.